The van der Waals surface area contributed by atoms with Crippen LogP contribution < -0.4 is 16.0 Å². The smallest absolute Gasteiger partial charge is 0.244 e. The van der Waals surface area contributed by atoms with Gasteiger partial charge in [-0.2, -0.15) is 0 Å². The molecule has 1 aromatic rings. The van der Waals surface area contributed by atoms with Crippen LogP contribution in [0.15, 0.2) is 23.1 Å². The van der Waals surface area contributed by atoms with Crippen molar-refractivity contribution in [3.8, 4) is 0 Å². The van der Waals surface area contributed by atoms with E-state index in [1.165, 1.54) is 20.2 Å². The molecule has 1 amide bonds. The fourth-order valence-corrected chi connectivity index (χ4v) is 3.26. The zero-order chi connectivity index (χ0) is 15.6. The van der Waals surface area contributed by atoms with Crippen LogP contribution in [0.2, 0.25) is 0 Å². The van der Waals surface area contributed by atoms with Crippen LogP contribution in [0.1, 0.15) is 6.42 Å². The highest BCUT2D eigenvalue weighted by atomic mass is 32.2. The van der Waals surface area contributed by atoms with Crippen molar-refractivity contribution < 1.29 is 13.2 Å². The number of rotatable bonds is 3. The molecule has 21 heavy (non-hydrogen) atoms. The molecule has 0 atom stereocenters. The number of carbonyl (C=O) groups excluding carboxylic acids is 1. The Bertz CT molecular complexity index is 643. The van der Waals surface area contributed by atoms with Gasteiger partial charge in [0.15, 0.2) is 0 Å². The van der Waals surface area contributed by atoms with Gasteiger partial charge in [-0.05, 0) is 12.1 Å². The van der Waals surface area contributed by atoms with Crippen molar-refractivity contribution in [3.63, 3.8) is 0 Å². The molecule has 0 aliphatic carbocycles. The highest BCUT2D eigenvalue weighted by Gasteiger charge is 2.24. The quantitative estimate of drug-likeness (QED) is 0.757. The number of sulfonamides is 1. The summed E-state index contributed by atoms with van der Waals surface area (Å²) in [4.78, 5) is 13.4. The summed E-state index contributed by atoms with van der Waals surface area (Å²) in [7, 11) is -0.653. The molecule has 116 valence electrons. The highest BCUT2D eigenvalue weighted by Crippen LogP contribution is 2.31. The van der Waals surface area contributed by atoms with Gasteiger partial charge in [-0.15, -0.1) is 0 Å². The zero-order valence-electron chi connectivity index (χ0n) is 12.2. The number of hydrogen-bond acceptors (Lipinski definition) is 5. The van der Waals surface area contributed by atoms with Gasteiger partial charge in [0.2, 0.25) is 15.9 Å². The summed E-state index contributed by atoms with van der Waals surface area (Å²) in [5, 5.41) is 2.78. The third-order valence-electron chi connectivity index (χ3n) is 3.46. The maximum atomic E-state index is 12.3. The first kappa shape index (κ1) is 15.6. The number of nitrogens with one attached hydrogen (secondary N) is 1. The van der Waals surface area contributed by atoms with Crippen molar-refractivity contribution in [2.75, 3.05) is 44.4 Å². The lowest BCUT2D eigenvalue weighted by atomic mass is 10.2. The van der Waals surface area contributed by atoms with E-state index in [-0.39, 0.29) is 16.5 Å². The van der Waals surface area contributed by atoms with Crippen molar-refractivity contribution in [1.29, 1.82) is 0 Å². The Morgan fingerprint density at radius 1 is 1.29 bits per heavy atom. The third kappa shape index (κ3) is 3.11. The third-order valence-corrected chi connectivity index (χ3v) is 5.33. The topological polar surface area (TPSA) is 95.7 Å². The van der Waals surface area contributed by atoms with Crippen LogP contribution in [0.4, 0.5) is 11.4 Å². The molecule has 1 aromatic carbocycles. The van der Waals surface area contributed by atoms with Crippen LogP contribution in [0.5, 0.6) is 0 Å². The monoisotopic (exact) mass is 312 g/mol. The first-order valence-electron chi connectivity index (χ1n) is 6.66. The van der Waals surface area contributed by atoms with E-state index in [1.807, 2.05) is 4.90 Å². The van der Waals surface area contributed by atoms with Gasteiger partial charge in [0.1, 0.15) is 4.90 Å². The zero-order valence-corrected chi connectivity index (χ0v) is 13.0. The molecular weight excluding hydrogens is 292 g/mol. The number of amides is 1. The van der Waals surface area contributed by atoms with E-state index in [9.17, 15) is 13.2 Å². The minimum absolute atomic E-state index is 0.00635. The van der Waals surface area contributed by atoms with Crippen molar-refractivity contribution in [1.82, 2.24) is 9.62 Å². The molecule has 0 unspecified atom stereocenters. The maximum absolute atomic E-state index is 12.3. The summed E-state index contributed by atoms with van der Waals surface area (Å²) in [5.74, 6) is -0.00635. The van der Waals surface area contributed by atoms with Crippen LogP contribution in [-0.4, -0.2) is 52.4 Å². The van der Waals surface area contributed by atoms with E-state index in [0.717, 1.165) is 4.31 Å². The predicted molar refractivity (Wildman–Crippen MR) is 81.6 cm³/mol. The summed E-state index contributed by atoms with van der Waals surface area (Å²) in [6.07, 6.45) is 0.365. The van der Waals surface area contributed by atoms with Crippen LogP contribution in [0.25, 0.3) is 0 Å². The Morgan fingerprint density at radius 2 is 2.00 bits per heavy atom. The molecule has 3 N–H and O–H groups in total. The molecule has 1 aliphatic rings. The van der Waals surface area contributed by atoms with Crippen molar-refractivity contribution >= 4 is 27.3 Å². The first-order valence-corrected chi connectivity index (χ1v) is 8.10. The van der Waals surface area contributed by atoms with Gasteiger partial charge < -0.3 is 16.0 Å². The fraction of sp³-hybridized carbons (Fsp3) is 0.462. The minimum atomic E-state index is -3.59. The Balaban J connectivity index is 2.40. The average molecular weight is 312 g/mol. The molecule has 0 spiro atoms. The molecule has 0 saturated carbocycles. The van der Waals surface area contributed by atoms with E-state index in [1.54, 1.807) is 12.1 Å². The lowest BCUT2D eigenvalue weighted by Gasteiger charge is -2.25. The summed E-state index contributed by atoms with van der Waals surface area (Å²) < 4.78 is 25.7. The predicted octanol–water partition coefficient (Wildman–Crippen LogP) is -0.155. The second-order valence-corrected chi connectivity index (χ2v) is 7.18. The van der Waals surface area contributed by atoms with E-state index >= 15 is 0 Å². The number of hydrogen-bond donors (Lipinski definition) is 2. The Labute approximate surface area is 124 Å². The Morgan fingerprint density at radius 3 is 2.67 bits per heavy atom. The molecule has 0 aromatic heterocycles. The molecule has 1 fully saturated rings. The number of nitrogens with zero attached hydrogens (tertiary/aromatic N) is 2. The van der Waals surface area contributed by atoms with Gasteiger partial charge >= 0.3 is 0 Å². The Kier molecular flexibility index (Phi) is 4.38. The van der Waals surface area contributed by atoms with Gasteiger partial charge in [-0.25, -0.2) is 12.7 Å². The summed E-state index contributed by atoms with van der Waals surface area (Å²) >= 11 is 0. The van der Waals surface area contributed by atoms with Gasteiger partial charge in [-0.1, -0.05) is 6.07 Å². The molecule has 2 rings (SSSR count). The van der Waals surface area contributed by atoms with E-state index in [4.69, 9.17) is 5.73 Å². The second kappa shape index (κ2) is 5.90. The van der Waals surface area contributed by atoms with Gasteiger partial charge in [0.05, 0.1) is 11.4 Å². The van der Waals surface area contributed by atoms with Gasteiger partial charge in [0, 0.05) is 40.2 Å². The van der Waals surface area contributed by atoms with Crippen molar-refractivity contribution in [2.24, 2.45) is 0 Å². The standard InChI is InChI=1S/C13H20N4O3S/c1-16(2)21(19,20)11-5-3-4-10(13(11)14)17-8-6-12(18)15-7-9-17/h3-5H,6-9,14H2,1-2H3,(H,15,18). The first-order chi connectivity index (χ1) is 9.84. The summed E-state index contributed by atoms with van der Waals surface area (Å²) in [6.45, 7) is 1.63. The van der Waals surface area contributed by atoms with Crippen molar-refractivity contribution in [3.05, 3.63) is 18.2 Å². The van der Waals surface area contributed by atoms with Crippen LogP contribution >= 0.6 is 0 Å². The van der Waals surface area contributed by atoms with Crippen LogP contribution in [0.3, 0.4) is 0 Å². The van der Waals surface area contributed by atoms with Gasteiger partial charge in [0.25, 0.3) is 0 Å². The molecule has 8 heteroatoms. The number of anilines is 2. The molecule has 1 heterocycles. The Hall–Kier alpha value is -1.80. The largest absolute Gasteiger partial charge is 0.396 e. The highest BCUT2D eigenvalue weighted by molar-refractivity contribution is 7.89. The SMILES string of the molecule is CN(C)S(=O)(=O)c1cccc(N2CCNC(=O)CC2)c1N. The maximum Gasteiger partial charge on any atom is 0.244 e. The van der Waals surface area contributed by atoms with Gasteiger partial charge in [-0.3, -0.25) is 4.79 Å². The lowest BCUT2D eigenvalue weighted by molar-refractivity contribution is -0.120. The number of nitrogens with two attached hydrogens (primary N) is 1. The van der Waals surface area contributed by atoms with E-state index < -0.39 is 10.0 Å². The molecule has 0 radical (unpaired) electrons. The fourth-order valence-electron chi connectivity index (χ4n) is 2.24. The molecule has 7 nitrogen and oxygen atoms in total. The number of benzene rings is 1. The molecule has 0 bridgehead atoms. The summed E-state index contributed by atoms with van der Waals surface area (Å²) in [6, 6.07) is 4.94. The van der Waals surface area contributed by atoms with E-state index in [2.05, 4.69) is 5.32 Å². The molecular formula is C13H20N4O3S. The van der Waals surface area contributed by atoms with E-state index in [0.29, 0.717) is 31.7 Å². The number of nitrogen functional groups attached to an aromatic ring is 1. The molecule has 1 aliphatic heterocycles. The summed E-state index contributed by atoms with van der Waals surface area (Å²) in [5.41, 5.74) is 6.94. The average Bonchev–Trinajstić information content (AvgIpc) is 2.63. The van der Waals surface area contributed by atoms with Crippen LogP contribution in [-0.2, 0) is 14.8 Å². The lowest BCUT2D eigenvalue weighted by Crippen LogP contribution is -2.30. The normalized spacial score (nSPS) is 16.7. The number of carbonyl (C=O) groups is 1. The van der Waals surface area contributed by atoms with Crippen molar-refractivity contribution in [2.45, 2.75) is 11.3 Å². The second-order valence-electron chi connectivity index (χ2n) is 5.06. The minimum Gasteiger partial charge on any atom is -0.396 e. The molecule has 1 saturated heterocycles. The number of para-hydroxylation sites is 1. The van der Waals surface area contributed by atoms with Crippen LogP contribution in [0, 0.1) is 0 Å².